The van der Waals surface area contributed by atoms with Crippen LogP contribution in [0.15, 0.2) is 15.0 Å². The number of rotatable bonds is 45. The Morgan fingerprint density at radius 2 is 0.808 bits per heavy atom. The van der Waals surface area contributed by atoms with Gasteiger partial charge in [-0.05, 0) is 71.4 Å². The average Bonchev–Trinajstić information content (AvgIpc) is 3.35. The highest BCUT2D eigenvalue weighted by Gasteiger charge is 2.35. The van der Waals surface area contributed by atoms with Crippen LogP contribution in [0.1, 0.15) is 110 Å². The topological polar surface area (TPSA) is 574 Å². The van der Waals surface area contributed by atoms with E-state index in [-0.39, 0.29) is 95.4 Å². The Morgan fingerprint density at radius 3 is 1.18 bits per heavy atom. The second kappa shape index (κ2) is 39.1. The number of carboxylic acids is 2. The number of carboxylic acid groups (broad SMARTS) is 2. The summed E-state index contributed by atoms with van der Waals surface area (Å²) in [7, 11) is 1.44. The molecule has 0 aliphatic carbocycles. The number of ketones is 4. The van der Waals surface area contributed by atoms with Crippen LogP contribution in [-0.4, -0.2) is 180 Å². The second-order valence-electron chi connectivity index (χ2n) is 18.7. The lowest BCUT2D eigenvalue weighted by atomic mass is 9.88. The molecule has 9 atom stereocenters. The third-order valence-corrected chi connectivity index (χ3v) is 12.3. The number of likely N-dealkylation sites (N-methyl/N-ethyl adjacent to an activating group) is 1. The van der Waals surface area contributed by atoms with Crippen LogP contribution < -0.4 is 72.5 Å². The zero-order valence-corrected chi connectivity index (χ0v) is 44.5. The number of hydrogen-bond donors (Lipinski definition) is 17. The molecule has 31 heteroatoms. The Balaban J connectivity index is 6.96. The number of carbonyl (C=O) groups is 11. The minimum Gasteiger partial charge on any atom is -0.481 e. The Hall–Kier alpha value is -7.38. The third-order valence-electron chi connectivity index (χ3n) is 12.3. The summed E-state index contributed by atoms with van der Waals surface area (Å²) in [4.78, 5) is 156. The molecule has 0 fully saturated rings. The molecule has 0 saturated heterocycles. The highest BCUT2D eigenvalue weighted by atomic mass is 16.4. The van der Waals surface area contributed by atoms with Gasteiger partial charge in [0.15, 0.2) is 41.0 Å². The number of primary amides is 1. The second-order valence-corrected chi connectivity index (χ2v) is 18.7. The molecule has 0 aliphatic heterocycles. The van der Waals surface area contributed by atoms with Crippen molar-refractivity contribution >= 4 is 82.5 Å². The van der Waals surface area contributed by atoms with Crippen molar-refractivity contribution in [1.82, 2.24) is 26.6 Å². The summed E-state index contributed by atoms with van der Waals surface area (Å²) in [6, 6.07) is -7.08. The van der Waals surface area contributed by atoms with Crippen molar-refractivity contribution in [3.05, 3.63) is 0 Å². The molecule has 25 N–H and O–H groups in total. The third kappa shape index (κ3) is 30.4. The molecule has 0 radical (unpaired) electrons. The minimum absolute atomic E-state index is 0.00666. The van der Waals surface area contributed by atoms with Gasteiger partial charge in [0.1, 0.15) is 12.1 Å². The fourth-order valence-electron chi connectivity index (χ4n) is 7.86. The van der Waals surface area contributed by atoms with Crippen LogP contribution >= 0.6 is 0 Å². The number of carbonyl (C=O) groups excluding carboxylic acids is 9. The van der Waals surface area contributed by atoms with E-state index < -0.39 is 170 Å². The van der Waals surface area contributed by atoms with E-state index in [2.05, 4.69) is 41.6 Å². The lowest BCUT2D eigenvalue weighted by Gasteiger charge is -2.26. The van der Waals surface area contributed by atoms with E-state index in [1.54, 1.807) is 0 Å². The first-order valence-electron chi connectivity index (χ1n) is 25.5. The number of nitrogens with one attached hydrogen (secondary N) is 5. The maximum atomic E-state index is 14.4. The van der Waals surface area contributed by atoms with Gasteiger partial charge >= 0.3 is 11.9 Å². The van der Waals surface area contributed by atoms with Crippen LogP contribution in [0.4, 0.5) is 0 Å². The quantitative estimate of drug-likeness (QED) is 0.0153. The van der Waals surface area contributed by atoms with Crippen molar-refractivity contribution in [3.8, 4) is 0 Å². The van der Waals surface area contributed by atoms with Crippen molar-refractivity contribution in [2.75, 3.05) is 46.4 Å². The van der Waals surface area contributed by atoms with Crippen molar-refractivity contribution in [3.63, 3.8) is 0 Å². The molecule has 0 aliphatic rings. The minimum atomic E-state index is -1.62. The zero-order chi connectivity index (χ0) is 59.5. The molecule has 0 rings (SSSR count). The van der Waals surface area contributed by atoms with Gasteiger partial charge in [0, 0.05) is 75.4 Å². The van der Waals surface area contributed by atoms with E-state index in [0.29, 0.717) is 12.8 Å². The van der Waals surface area contributed by atoms with Crippen LogP contribution in [0.2, 0.25) is 0 Å². The molecule has 442 valence electrons. The van der Waals surface area contributed by atoms with Gasteiger partial charge in [-0.2, -0.15) is 0 Å². The van der Waals surface area contributed by atoms with Crippen LogP contribution in [-0.2, 0) is 52.7 Å². The molecular formula is C47H84N16O15. The fourth-order valence-corrected chi connectivity index (χ4v) is 7.86. The first-order valence-corrected chi connectivity index (χ1v) is 25.5. The maximum Gasteiger partial charge on any atom is 0.305 e. The van der Waals surface area contributed by atoms with Crippen molar-refractivity contribution < 1.29 is 73.2 Å². The predicted octanol–water partition coefficient (Wildman–Crippen LogP) is -6.07. The van der Waals surface area contributed by atoms with Crippen molar-refractivity contribution in [2.45, 2.75) is 140 Å². The Morgan fingerprint density at radius 1 is 0.436 bits per heavy atom. The summed E-state index contributed by atoms with van der Waals surface area (Å²) in [5.74, 6) is -15.7. The molecule has 31 nitrogen and oxygen atoms in total. The van der Waals surface area contributed by atoms with Gasteiger partial charge in [-0.15, -0.1) is 0 Å². The number of nitrogens with zero attached hydrogens (tertiary/aromatic N) is 3. The van der Waals surface area contributed by atoms with Crippen LogP contribution in [0.5, 0.6) is 0 Å². The van der Waals surface area contributed by atoms with E-state index in [1.807, 2.05) is 0 Å². The number of unbranched alkanes of at least 4 members (excludes halogenated alkanes) is 1. The number of aliphatic hydroxyl groups is 2. The number of hydrogen-bond acceptors (Lipinski definition) is 18. The molecule has 78 heavy (non-hydrogen) atoms. The van der Waals surface area contributed by atoms with Crippen molar-refractivity contribution in [1.29, 1.82) is 0 Å². The summed E-state index contributed by atoms with van der Waals surface area (Å²) in [6.07, 6.45) is -3.01. The number of aliphatic hydroxyl groups excluding tert-OH is 2. The summed E-state index contributed by atoms with van der Waals surface area (Å²) in [6.45, 7) is -0.00236. The molecule has 5 amide bonds. The van der Waals surface area contributed by atoms with E-state index in [1.165, 1.54) is 14.0 Å². The Bertz CT molecular complexity index is 2090. The van der Waals surface area contributed by atoms with Crippen LogP contribution in [0, 0.1) is 23.7 Å². The lowest BCUT2D eigenvalue weighted by Crippen LogP contribution is -2.50. The van der Waals surface area contributed by atoms with Crippen LogP contribution in [0.25, 0.3) is 0 Å². The first-order chi connectivity index (χ1) is 36.7. The molecular weight excluding hydrogens is 1030 g/mol. The van der Waals surface area contributed by atoms with E-state index in [4.69, 9.17) is 51.0 Å². The molecule has 0 unspecified atom stereocenters. The van der Waals surface area contributed by atoms with Crippen LogP contribution in [0.3, 0.4) is 0 Å². The van der Waals surface area contributed by atoms with Gasteiger partial charge in [-0.1, -0.05) is 13.3 Å². The zero-order valence-electron chi connectivity index (χ0n) is 44.5. The van der Waals surface area contributed by atoms with E-state index >= 15 is 0 Å². The number of Topliss-reactive ketones (excluding diaryl/α,β-unsaturated/α-hetero) is 4. The molecule has 0 bridgehead atoms. The predicted molar refractivity (Wildman–Crippen MR) is 284 cm³/mol. The number of aliphatic imine (C=N–C) groups is 3. The number of aliphatic carboxylic acids is 2. The number of nitrogens with two attached hydrogens (primary N) is 8. The largest absolute Gasteiger partial charge is 0.481 e. The molecule has 0 spiro atoms. The smallest absolute Gasteiger partial charge is 0.305 e. The summed E-state index contributed by atoms with van der Waals surface area (Å²) in [5, 5.41) is 51.0. The maximum absolute atomic E-state index is 14.4. The highest BCUT2D eigenvalue weighted by Crippen LogP contribution is 2.22. The van der Waals surface area contributed by atoms with Gasteiger partial charge in [-0.3, -0.25) is 67.7 Å². The first kappa shape index (κ1) is 70.6. The van der Waals surface area contributed by atoms with Crippen molar-refractivity contribution in [2.24, 2.45) is 84.5 Å². The highest BCUT2D eigenvalue weighted by molar-refractivity contribution is 5.98. The summed E-state index contributed by atoms with van der Waals surface area (Å²) >= 11 is 0. The van der Waals surface area contributed by atoms with Gasteiger partial charge in [0.2, 0.25) is 29.5 Å². The lowest BCUT2D eigenvalue weighted by molar-refractivity contribution is -0.141. The van der Waals surface area contributed by atoms with Gasteiger partial charge in [0.25, 0.3) is 0 Å². The molecule has 0 aromatic rings. The number of guanidine groups is 3. The SMILES string of the molecule is CN[C@@H](CO)C(=O)C[C@@H](CCCN=C(N)N)C(=O)N[C@@H](CCC(=O)O)C(=O)C[C@@H](CCCCN)C(=O)N[C@@H](CCCN=C(N)N)C(=O)C[C@@H](CCCN=C(N)N)C(=O)N[C@@H](CO)C(=O)C[C@@H](C)C(=O)N[C@@H](CC(=O)O)C(N)=O. The van der Waals surface area contributed by atoms with E-state index in [0.717, 1.165) is 0 Å². The average molecular weight is 1110 g/mol. The molecule has 0 heterocycles. The Kier molecular flexibility index (Phi) is 35.4. The molecule has 0 aromatic carbocycles. The number of amides is 5. The van der Waals surface area contributed by atoms with Gasteiger partial charge < -0.3 is 92.9 Å². The standard InChI is InChI=1S/C47H84N16O15/c1-25(41(75)62-31(40(49)74)22-39(72)73)18-34(66)33(24-65)63-44(78)27(9-5-15-57-45(50)51)20-35(67)29(11-7-17-59-47(54)55)60-42(76)26(8-3-4-14-48)19-36(68)30(12-13-38(70)71)61-43(77)28(10-6-16-58-46(52)53)21-37(69)32(23-64)56-2/h25-33,56,64-65H,3-24,48H2,1-2H3,(H2,49,74)(H,60,76)(H,61,77)(H,62,75)(H,63,78)(H,70,71)(H,72,73)(H4,50,51,57)(H4,52,53,58)(H4,54,55,59)/t25-,26-,27-,28-,29+,30+,31+,32+,33+/m1/s1. The van der Waals surface area contributed by atoms with Gasteiger partial charge in [0.05, 0.1) is 37.8 Å². The normalized spacial score (nSPS) is 14.4. The Labute approximate surface area is 452 Å². The fraction of sp³-hybridized carbons (Fsp3) is 0.702. The molecule has 0 saturated carbocycles. The van der Waals surface area contributed by atoms with Gasteiger partial charge in [-0.25, -0.2) is 0 Å². The van der Waals surface area contributed by atoms with E-state index in [9.17, 15) is 68.1 Å². The summed E-state index contributed by atoms with van der Waals surface area (Å²) < 4.78 is 0. The summed E-state index contributed by atoms with van der Waals surface area (Å²) in [5.41, 5.74) is 43.7. The molecule has 0 aromatic heterocycles. The monoisotopic (exact) mass is 1110 g/mol.